The van der Waals surface area contributed by atoms with E-state index in [9.17, 15) is 9.59 Å². The summed E-state index contributed by atoms with van der Waals surface area (Å²) in [5, 5.41) is 0. The number of aryl methyl sites for hydroxylation is 2. The molecule has 0 heterocycles. The van der Waals surface area contributed by atoms with Crippen molar-refractivity contribution in [3.05, 3.63) is 59.7 Å². The molecular formula is C23H24O4. The second kappa shape index (κ2) is 7.18. The van der Waals surface area contributed by atoms with E-state index >= 15 is 0 Å². The van der Waals surface area contributed by atoms with Crippen molar-refractivity contribution < 1.29 is 19.1 Å². The molecule has 2 fully saturated rings. The van der Waals surface area contributed by atoms with Crippen LogP contribution in [0.1, 0.15) is 30.4 Å². The summed E-state index contributed by atoms with van der Waals surface area (Å²) in [6.45, 7) is 3.97. The molecule has 0 aliphatic heterocycles. The topological polar surface area (TPSA) is 52.6 Å². The molecule has 0 amide bonds. The van der Waals surface area contributed by atoms with E-state index in [4.69, 9.17) is 9.47 Å². The first-order chi connectivity index (χ1) is 13.0. The van der Waals surface area contributed by atoms with Crippen molar-refractivity contribution in [3.63, 3.8) is 0 Å². The summed E-state index contributed by atoms with van der Waals surface area (Å²) in [4.78, 5) is 25.7. The summed E-state index contributed by atoms with van der Waals surface area (Å²) in [5.41, 5.74) is 2.21. The Morgan fingerprint density at radius 1 is 0.704 bits per heavy atom. The standard InChI is InChI=1S/C23H24O4/c1-14-3-9-18(10-4-14)26-22(24)20-16-7-8-17(13-16)21(20)23(25)27-19-11-5-15(2)6-12-19/h3-6,9-12,16-17,20-21H,7-8,13H2,1-2H3. The normalized spacial score (nSPS) is 26.0. The Morgan fingerprint density at radius 2 is 1.07 bits per heavy atom. The van der Waals surface area contributed by atoms with E-state index in [1.165, 1.54) is 0 Å². The van der Waals surface area contributed by atoms with Gasteiger partial charge in [-0.3, -0.25) is 9.59 Å². The van der Waals surface area contributed by atoms with Crippen LogP contribution >= 0.6 is 0 Å². The molecule has 2 aromatic carbocycles. The molecular weight excluding hydrogens is 340 g/mol. The summed E-state index contributed by atoms with van der Waals surface area (Å²) in [6.07, 6.45) is 2.86. The van der Waals surface area contributed by atoms with Crippen molar-refractivity contribution >= 4 is 11.9 Å². The van der Waals surface area contributed by atoms with Crippen LogP contribution in [-0.2, 0) is 9.59 Å². The van der Waals surface area contributed by atoms with Crippen LogP contribution in [0.3, 0.4) is 0 Å². The number of hydrogen-bond acceptors (Lipinski definition) is 4. The molecule has 27 heavy (non-hydrogen) atoms. The van der Waals surface area contributed by atoms with Gasteiger partial charge in [-0.25, -0.2) is 0 Å². The molecule has 0 radical (unpaired) electrons. The second-order valence-corrected chi connectivity index (χ2v) is 7.85. The Bertz CT molecular complexity index is 766. The third kappa shape index (κ3) is 3.61. The smallest absolute Gasteiger partial charge is 0.315 e. The number of hydrogen-bond donors (Lipinski definition) is 0. The van der Waals surface area contributed by atoms with Crippen molar-refractivity contribution in [1.82, 2.24) is 0 Å². The van der Waals surface area contributed by atoms with Crippen LogP contribution in [0, 0.1) is 37.5 Å². The van der Waals surface area contributed by atoms with Crippen LogP contribution in [0.5, 0.6) is 11.5 Å². The maximum absolute atomic E-state index is 12.9. The third-order valence-electron chi connectivity index (χ3n) is 5.94. The number of carbonyl (C=O) groups excluding carboxylic acids is 2. The van der Waals surface area contributed by atoms with E-state index in [0.717, 1.165) is 30.4 Å². The Kier molecular flexibility index (Phi) is 4.73. The summed E-state index contributed by atoms with van der Waals surface area (Å²) in [7, 11) is 0. The Morgan fingerprint density at radius 3 is 1.44 bits per heavy atom. The zero-order chi connectivity index (χ0) is 19.0. The molecule has 0 saturated heterocycles. The molecule has 4 nitrogen and oxygen atoms in total. The largest absolute Gasteiger partial charge is 0.426 e. The fraction of sp³-hybridized carbons (Fsp3) is 0.391. The predicted molar refractivity (Wildman–Crippen MR) is 101 cm³/mol. The molecule has 0 aromatic heterocycles. The fourth-order valence-corrected chi connectivity index (χ4v) is 4.55. The highest BCUT2D eigenvalue weighted by molar-refractivity contribution is 5.85. The monoisotopic (exact) mass is 364 g/mol. The first-order valence-corrected chi connectivity index (χ1v) is 9.58. The van der Waals surface area contributed by atoms with E-state index < -0.39 is 11.8 Å². The predicted octanol–water partition coefficient (Wildman–Crippen LogP) is 4.48. The molecule has 4 heteroatoms. The molecule has 2 bridgehead atoms. The molecule has 140 valence electrons. The van der Waals surface area contributed by atoms with Crippen molar-refractivity contribution in [2.75, 3.05) is 0 Å². The number of esters is 2. The Labute approximate surface area is 159 Å². The maximum Gasteiger partial charge on any atom is 0.315 e. The first kappa shape index (κ1) is 17.8. The summed E-state index contributed by atoms with van der Waals surface area (Å²) >= 11 is 0. The SMILES string of the molecule is Cc1ccc(OC(=O)C2C3CCC(C3)C2C(=O)Oc2ccc(C)cc2)cc1. The van der Waals surface area contributed by atoms with E-state index in [0.29, 0.717) is 11.5 Å². The maximum atomic E-state index is 12.9. The quantitative estimate of drug-likeness (QED) is 0.593. The lowest BCUT2D eigenvalue weighted by molar-refractivity contribution is -0.152. The average molecular weight is 364 g/mol. The molecule has 4 atom stereocenters. The van der Waals surface area contributed by atoms with E-state index in [1.54, 1.807) is 24.3 Å². The van der Waals surface area contributed by atoms with Crippen LogP contribution in [0.15, 0.2) is 48.5 Å². The fourth-order valence-electron chi connectivity index (χ4n) is 4.55. The van der Waals surface area contributed by atoms with Crippen LogP contribution < -0.4 is 9.47 Å². The van der Waals surface area contributed by atoms with E-state index in [1.807, 2.05) is 38.1 Å². The van der Waals surface area contributed by atoms with E-state index in [2.05, 4.69) is 0 Å². The number of ether oxygens (including phenoxy) is 2. The molecule has 2 aromatic rings. The summed E-state index contributed by atoms with van der Waals surface area (Å²) in [6, 6.07) is 14.8. The third-order valence-corrected chi connectivity index (χ3v) is 5.94. The van der Waals surface area contributed by atoms with Gasteiger partial charge in [0.15, 0.2) is 0 Å². The van der Waals surface area contributed by atoms with Gasteiger partial charge in [-0.2, -0.15) is 0 Å². The first-order valence-electron chi connectivity index (χ1n) is 9.58. The number of rotatable bonds is 4. The molecule has 2 saturated carbocycles. The van der Waals surface area contributed by atoms with Crippen LogP contribution in [0.4, 0.5) is 0 Å². The zero-order valence-corrected chi connectivity index (χ0v) is 15.7. The molecule has 4 rings (SSSR count). The van der Waals surface area contributed by atoms with Gasteiger partial charge in [0, 0.05) is 0 Å². The highest BCUT2D eigenvalue weighted by Gasteiger charge is 2.55. The lowest BCUT2D eigenvalue weighted by Crippen LogP contribution is -2.39. The van der Waals surface area contributed by atoms with Crippen molar-refractivity contribution in [1.29, 1.82) is 0 Å². The van der Waals surface area contributed by atoms with Gasteiger partial charge >= 0.3 is 11.9 Å². The Hall–Kier alpha value is -2.62. The Balaban J connectivity index is 1.50. The lowest BCUT2D eigenvalue weighted by atomic mass is 9.79. The molecule has 0 N–H and O–H groups in total. The van der Waals surface area contributed by atoms with Gasteiger partial charge in [-0.1, -0.05) is 35.4 Å². The number of benzene rings is 2. The van der Waals surface area contributed by atoms with Gasteiger partial charge in [0.2, 0.25) is 0 Å². The highest BCUT2D eigenvalue weighted by atomic mass is 16.5. The highest BCUT2D eigenvalue weighted by Crippen LogP contribution is 2.53. The zero-order valence-electron chi connectivity index (χ0n) is 15.7. The van der Waals surface area contributed by atoms with Gasteiger partial charge in [0.1, 0.15) is 11.5 Å². The lowest BCUT2D eigenvalue weighted by Gasteiger charge is -2.27. The number of fused-ring (bicyclic) bond motifs is 2. The van der Waals surface area contributed by atoms with Crippen molar-refractivity contribution in [2.45, 2.75) is 33.1 Å². The van der Waals surface area contributed by atoms with Gasteiger partial charge in [-0.05, 0) is 69.2 Å². The van der Waals surface area contributed by atoms with Gasteiger partial charge < -0.3 is 9.47 Å². The molecule has 2 aliphatic carbocycles. The second-order valence-electron chi connectivity index (χ2n) is 7.85. The van der Waals surface area contributed by atoms with Crippen molar-refractivity contribution in [3.8, 4) is 11.5 Å². The minimum atomic E-state index is -0.414. The van der Waals surface area contributed by atoms with Gasteiger partial charge in [0.25, 0.3) is 0 Å². The minimum absolute atomic E-state index is 0.212. The molecule has 4 unspecified atom stereocenters. The molecule has 0 spiro atoms. The van der Waals surface area contributed by atoms with Crippen LogP contribution in [-0.4, -0.2) is 11.9 Å². The number of carbonyl (C=O) groups is 2. The van der Waals surface area contributed by atoms with Gasteiger partial charge in [-0.15, -0.1) is 0 Å². The van der Waals surface area contributed by atoms with Crippen LogP contribution in [0.2, 0.25) is 0 Å². The summed E-state index contributed by atoms with van der Waals surface area (Å²) < 4.78 is 11.2. The van der Waals surface area contributed by atoms with Crippen molar-refractivity contribution in [2.24, 2.45) is 23.7 Å². The van der Waals surface area contributed by atoms with E-state index in [-0.39, 0.29) is 23.8 Å². The average Bonchev–Trinajstić information content (AvgIpc) is 3.27. The summed E-state index contributed by atoms with van der Waals surface area (Å²) in [5.74, 6) is 0.0323. The minimum Gasteiger partial charge on any atom is -0.426 e. The van der Waals surface area contributed by atoms with Gasteiger partial charge in [0.05, 0.1) is 11.8 Å². The van der Waals surface area contributed by atoms with Crippen LogP contribution in [0.25, 0.3) is 0 Å². The molecule has 2 aliphatic rings.